The van der Waals surface area contributed by atoms with Crippen LogP contribution in [0.5, 0.6) is 0 Å². The van der Waals surface area contributed by atoms with Gasteiger partial charge in [0.2, 0.25) is 0 Å². The van der Waals surface area contributed by atoms with Crippen molar-refractivity contribution in [1.82, 2.24) is 20.1 Å². The van der Waals surface area contributed by atoms with Crippen molar-refractivity contribution in [2.45, 2.75) is 59.7 Å². The highest BCUT2D eigenvalue weighted by Gasteiger charge is 2.05. The Morgan fingerprint density at radius 2 is 2.29 bits per heavy atom. The molecule has 0 radical (unpaired) electrons. The highest BCUT2D eigenvalue weighted by molar-refractivity contribution is 4.93. The van der Waals surface area contributed by atoms with E-state index in [9.17, 15) is 0 Å². The fourth-order valence-corrected chi connectivity index (χ4v) is 1.67. The average Bonchev–Trinajstić information content (AvgIpc) is 2.73. The zero-order chi connectivity index (χ0) is 12.7. The van der Waals surface area contributed by atoms with Gasteiger partial charge in [0.15, 0.2) is 0 Å². The van der Waals surface area contributed by atoms with E-state index in [1.807, 2.05) is 0 Å². The Kier molecular flexibility index (Phi) is 5.91. The third-order valence-electron chi connectivity index (χ3n) is 2.80. The first kappa shape index (κ1) is 13.9. The lowest BCUT2D eigenvalue weighted by Crippen LogP contribution is -2.26. The predicted octanol–water partition coefficient (Wildman–Crippen LogP) is 2.52. The van der Waals surface area contributed by atoms with E-state index in [1.54, 1.807) is 6.33 Å². The van der Waals surface area contributed by atoms with Crippen molar-refractivity contribution in [2.24, 2.45) is 0 Å². The van der Waals surface area contributed by atoms with Crippen LogP contribution in [0.15, 0.2) is 18.0 Å². The van der Waals surface area contributed by atoms with Crippen LogP contribution in [0, 0.1) is 0 Å². The predicted molar refractivity (Wildman–Crippen MR) is 70.7 cm³/mol. The molecule has 1 rings (SSSR count). The molecule has 1 unspecified atom stereocenters. The zero-order valence-corrected chi connectivity index (χ0v) is 11.4. The molecule has 0 aliphatic carbocycles. The SMILES string of the molecule is CCn1cnnc1CNC(C)CCC=C(C)C. The van der Waals surface area contributed by atoms with E-state index in [2.05, 4.69) is 53.9 Å². The number of hydrogen-bond donors (Lipinski definition) is 1. The zero-order valence-electron chi connectivity index (χ0n) is 11.4. The van der Waals surface area contributed by atoms with Gasteiger partial charge < -0.3 is 9.88 Å². The lowest BCUT2D eigenvalue weighted by atomic mass is 10.1. The van der Waals surface area contributed by atoms with Crippen LogP contribution >= 0.6 is 0 Å². The van der Waals surface area contributed by atoms with Crippen molar-refractivity contribution < 1.29 is 0 Å². The summed E-state index contributed by atoms with van der Waals surface area (Å²) >= 11 is 0. The second-order valence-corrected chi connectivity index (χ2v) is 4.67. The highest BCUT2D eigenvalue weighted by atomic mass is 15.3. The number of hydrogen-bond acceptors (Lipinski definition) is 3. The number of allylic oxidation sites excluding steroid dienone is 2. The summed E-state index contributed by atoms with van der Waals surface area (Å²) in [4.78, 5) is 0. The lowest BCUT2D eigenvalue weighted by Gasteiger charge is -2.12. The summed E-state index contributed by atoms with van der Waals surface area (Å²) in [6.07, 6.45) is 6.36. The van der Waals surface area contributed by atoms with Gasteiger partial charge in [-0.1, -0.05) is 11.6 Å². The van der Waals surface area contributed by atoms with Crippen LogP contribution in [0.3, 0.4) is 0 Å². The molecule has 1 N–H and O–H groups in total. The third-order valence-corrected chi connectivity index (χ3v) is 2.80. The number of aryl methyl sites for hydroxylation is 1. The van der Waals surface area contributed by atoms with E-state index >= 15 is 0 Å². The van der Waals surface area contributed by atoms with Crippen LogP contribution in [0.2, 0.25) is 0 Å². The maximum atomic E-state index is 4.11. The number of rotatable bonds is 7. The second kappa shape index (κ2) is 7.22. The molecule has 17 heavy (non-hydrogen) atoms. The van der Waals surface area contributed by atoms with Crippen molar-refractivity contribution in [2.75, 3.05) is 0 Å². The molecule has 0 aliphatic rings. The maximum absolute atomic E-state index is 4.11. The average molecular weight is 236 g/mol. The van der Waals surface area contributed by atoms with Crippen molar-refractivity contribution in [1.29, 1.82) is 0 Å². The fraction of sp³-hybridized carbons (Fsp3) is 0.692. The monoisotopic (exact) mass is 236 g/mol. The Morgan fingerprint density at radius 3 is 2.94 bits per heavy atom. The molecule has 1 heterocycles. The molecule has 4 nitrogen and oxygen atoms in total. The lowest BCUT2D eigenvalue weighted by molar-refractivity contribution is 0.496. The molecule has 1 aromatic heterocycles. The van der Waals surface area contributed by atoms with Gasteiger partial charge in [0.1, 0.15) is 12.2 Å². The van der Waals surface area contributed by atoms with E-state index in [0.29, 0.717) is 6.04 Å². The molecule has 96 valence electrons. The minimum Gasteiger partial charge on any atom is -0.317 e. The van der Waals surface area contributed by atoms with Crippen molar-refractivity contribution in [3.8, 4) is 0 Å². The van der Waals surface area contributed by atoms with Gasteiger partial charge in [0.25, 0.3) is 0 Å². The Bertz CT molecular complexity index is 350. The maximum Gasteiger partial charge on any atom is 0.146 e. The quantitative estimate of drug-likeness (QED) is 0.740. The molecule has 4 heteroatoms. The van der Waals surface area contributed by atoms with Crippen LogP contribution < -0.4 is 5.32 Å². The Morgan fingerprint density at radius 1 is 1.53 bits per heavy atom. The minimum atomic E-state index is 0.507. The van der Waals surface area contributed by atoms with E-state index in [4.69, 9.17) is 0 Å². The standard InChI is InChI=1S/C13H24N4/c1-5-17-10-15-16-13(17)9-14-12(4)8-6-7-11(2)3/h7,10,12,14H,5-6,8-9H2,1-4H3. The summed E-state index contributed by atoms with van der Waals surface area (Å²) in [5.41, 5.74) is 1.39. The van der Waals surface area contributed by atoms with Crippen LogP contribution in [0.4, 0.5) is 0 Å². The van der Waals surface area contributed by atoms with Gasteiger partial charge in [-0.25, -0.2) is 0 Å². The summed E-state index contributed by atoms with van der Waals surface area (Å²) in [5, 5.41) is 11.5. The fourth-order valence-electron chi connectivity index (χ4n) is 1.67. The topological polar surface area (TPSA) is 42.7 Å². The van der Waals surface area contributed by atoms with Crippen LogP contribution in [0.25, 0.3) is 0 Å². The minimum absolute atomic E-state index is 0.507. The van der Waals surface area contributed by atoms with Crippen LogP contribution in [0.1, 0.15) is 46.4 Å². The number of nitrogens with one attached hydrogen (secondary N) is 1. The largest absolute Gasteiger partial charge is 0.317 e. The number of nitrogens with zero attached hydrogens (tertiary/aromatic N) is 3. The summed E-state index contributed by atoms with van der Waals surface area (Å²) in [5.74, 6) is 1.02. The molecule has 0 bridgehead atoms. The molecule has 0 saturated carbocycles. The normalized spacial score (nSPS) is 12.5. The summed E-state index contributed by atoms with van der Waals surface area (Å²) in [7, 11) is 0. The molecule has 0 amide bonds. The summed E-state index contributed by atoms with van der Waals surface area (Å²) < 4.78 is 2.07. The molecule has 0 saturated heterocycles. The summed E-state index contributed by atoms with van der Waals surface area (Å²) in [6.45, 7) is 10.3. The highest BCUT2D eigenvalue weighted by Crippen LogP contribution is 2.02. The van der Waals surface area contributed by atoms with Gasteiger partial charge in [-0.2, -0.15) is 0 Å². The van der Waals surface area contributed by atoms with Gasteiger partial charge >= 0.3 is 0 Å². The molecule has 0 fully saturated rings. The molecule has 0 spiro atoms. The van der Waals surface area contributed by atoms with Gasteiger partial charge in [0, 0.05) is 12.6 Å². The van der Waals surface area contributed by atoms with Crippen LogP contribution in [-0.2, 0) is 13.1 Å². The van der Waals surface area contributed by atoms with Gasteiger partial charge in [0.05, 0.1) is 6.54 Å². The van der Waals surface area contributed by atoms with Gasteiger partial charge in [-0.15, -0.1) is 10.2 Å². The molecule has 1 aromatic rings. The Labute approximate surface area is 104 Å². The van der Waals surface area contributed by atoms with Gasteiger partial charge in [-0.05, 0) is 40.5 Å². The first-order valence-corrected chi connectivity index (χ1v) is 6.37. The van der Waals surface area contributed by atoms with Crippen LogP contribution in [-0.4, -0.2) is 20.8 Å². The third kappa shape index (κ3) is 5.13. The van der Waals surface area contributed by atoms with E-state index in [0.717, 1.165) is 31.8 Å². The van der Waals surface area contributed by atoms with Crippen molar-refractivity contribution >= 4 is 0 Å². The van der Waals surface area contributed by atoms with E-state index in [1.165, 1.54) is 5.57 Å². The first-order valence-electron chi connectivity index (χ1n) is 6.37. The summed E-state index contributed by atoms with van der Waals surface area (Å²) in [6, 6.07) is 0.507. The molecule has 0 aliphatic heterocycles. The molecule has 1 atom stereocenters. The number of aromatic nitrogens is 3. The second-order valence-electron chi connectivity index (χ2n) is 4.67. The van der Waals surface area contributed by atoms with Crippen molar-refractivity contribution in [3.05, 3.63) is 23.8 Å². The van der Waals surface area contributed by atoms with Crippen molar-refractivity contribution in [3.63, 3.8) is 0 Å². The van der Waals surface area contributed by atoms with Gasteiger partial charge in [-0.3, -0.25) is 0 Å². The molecule has 0 aromatic carbocycles. The van der Waals surface area contributed by atoms with E-state index in [-0.39, 0.29) is 0 Å². The van der Waals surface area contributed by atoms with E-state index < -0.39 is 0 Å². The Hall–Kier alpha value is -1.16. The first-order chi connectivity index (χ1) is 8.13. The molecular weight excluding hydrogens is 212 g/mol. The Balaban J connectivity index is 2.28. The smallest absolute Gasteiger partial charge is 0.146 e. The molecular formula is C13H24N4.